The third kappa shape index (κ3) is 5.03. The first-order valence-electron chi connectivity index (χ1n) is 5.19. The van der Waals surface area contributed by atoms with Crippen molar-refractivity contribution in [2.75, 3.05) is 6.61 Å². The van der Waals surface area contributed by atoms with Crippen LogP contribution in [0, 0.1) is 0 Å². The summed E-state index contributed by atoms with van der Waals surface area (Å²) >= 11 is 5.07. The van der Waals surface area contributed by atoms with Crippen LogP contribution in [0.3, 0.4) is 0 Å². The summed E-state index contributed by atoms with van der Waals surface area (Å²) in [6, 6.07) is 8.08. The fourth-order valence-electron chi connectivity index (χ4n) is 1.24. The van der Waals surface area contributed by atoms with Gasteiger partial charge in [0.2, 0.25) is 0 Å². The van der Waals surface area contributed by atoms with Crippen LogP contribution in [0.1, 0.15) is 20.3 Å². The van der Waals surface area contributed by atoms with Crippen LogP contribution >= 0.6 is 27.7 Å². The number of carbonyl (C=O) groups is 1. The maximum atomic E-state index is 11.3. The van der Waals surface area contributed by atoms with Gasteiger partial charge < -0.3 is 4.74 Å². The molecule has 0 amide bonds. The highest BCUT2D eigenvalue weighted by Crippen LogP contribution is 2.26. The zero-order valence-corrected chi connectivity index (χ0v) is 11.8. The van der Waals surface area contributed by atoms with Crippen LogP contribution < -0.4 is 0 Å². The van der Waals surface area contributed by atoms with E-state index in [4.69, 9.17) is 4.74 Å². The molecule has 0 spiro atoms. The topological polar surface area (TPSA) is 26.3 Å². The van der Waals surface area contributed by atoms with Crippen LogP contribution in [0.4, 0.5) is 0 Å². The molecule has 1 rings (SSSR count). The lowest BCUT2D eigenvalue weighted by Gasteiger charge is -2.10. The molecule has 0 aliphatic rings. The summed E-state index contributed by atoms with van der Waals surface area (Å²) in [5.74, 6) is -0.125. The molecule has 16 heavy (non-hydrogen) atoms. The number of benzene rings is 1. The molecule has 0 N–H and O–H groups in total. The summed E-state index contributed by atoms with van der Waals surface area (Å²) in [6.45, 7) is 4.31. The molecule has 0 aliphatic carbocycles. The lowest BCUT2D eigenvalue weighted by molar-refractivity contribution is -0.142. The van der Waals surface area contributed by atoms with E-state index in [1.54, 1.807) is 11.8 Å². The van der Waals surface area contributed by atoms with Gasteiger partial charge in [-0.15, -0.1) is 11.8 Å². The van der Waals surface area contributed by atoms with Gasteiger partial charge in [-0.2, -0.15) is 0 Å². The average molecular weight is 303 g/mol. The maximum absolute atomic E-state index is 11.3. The average Bonchev–Trinajstić information content (AvgIpc) is 2.21. The molecule has 0 saturated heterocycles. The Morgan fingerprint density at radius 3 is 2.62 bits per heavy atom. The quantitative estimate of drug-likeness (QED) is 0.610. The normalized spacial score (nSPS) is 12.2. The summed E-state index contributed by atoms with van der Waals surface area (Å²) in [6.07, 6.45) is 0.453. The molecule has 0 saturated carbocycles. The van der Waals surface area contributed by atoms with Gasteiger partial charge in [-0.1, -0.05) is 22.9 Å². The maximum Gasteiger partial charge on any atom is 0.306 e. The molecule has 0 aliphatic heterocycles. The SMILES string of the molecule is CCOC(=O)CC(C)Sc1ccc(Br)cc1. The smallest absolute Gasteiger partial charge is 0.306 e. The second-order valence-electron chi connectivity index (χ2n) is 3.39. The first-order chi connectivity index (χ1) is 7.61. The second-order valence-corrected chi connectivity index (χ2v) is 5.82. The molecule has 1 aromatic rings. The number of thioether (sulfide) groups is 1. The Hall–Kier alpha value is -0.480. The number of rotatable bonds is 5. The minimum Gasteiger partial charge on any atom is -0.466 e. The van der Waals surface area contributed by atoms with E-state index in [0.717, 1.165) is 4.47 Å². The van der Waals surface area contributed by atoms with Gasteiger partial charge in [0.1, 0.15) is 0 Å². The van der Waals surface area contributed by atoms with E-state index in [9.17, 15) is 4.79 Å². The van der Waals surface area contributed by atoms with E-state index in [0.29, 0.717) is 13.0 Å². The Labute approximate surface area is 109 Å². The Morgan fingerprint density at radius 2 is 2.06 bits per heavy atom. The monoisotopic (exact) mass is 302 g/mol. The summed E-state index contributed by atoms with van der Waals surface area (Å²) < 4.78 is 5.97. The van der Waals surface area contributed by atoms with Crippen molar-refractivity contribution in [3.63, 3.8) is 0 Å². The molecular formula is C12H15BrO2S. The summed E-state index contributed by atoms with van der Waals surface area (Å²) in [7, 11) is 0. The van der Waals surface area contributed by atoms with Crippen LogP contribution in [0.15, 0.2) is 33.6 Å². The molecule has 4 heteroatoms. The fraction of sp³-hybridized carbons (Fsp3) is 0.417. The highest BCUT2D eigenvalue weighted by Gasteiger charge is 2.10. The highest BCUT2D eigenvalue weighted by atomic mass is 79.9. The van der Waals surface area contributed by atoms with Crippen molar-refractivity contribution >= 4 is 33.7 Å². The largest absolute Gasteiger partial charge is 0.466 e. The van der Waals surface area contributed by atoms with Gasteiger partial charge >= 0.3 is 5.97 Å². The predicted octanol–water partition coefficient (Wildman–Crippen LogP) is 3.88. The molecule has 1 aromatic carbocycles. The van der Waals surface area contributed by atoms with Crippen molar-refractivity contribution in [2.45, 2.75) is 30.4 Å². The zero-order chi connectivity index (χ0) is 12.0. The van der Waals surface area contributed by atoms with E-state index in [-0.39, 0.29) is 11.2 Å². The van der Waals surface area contributed by atoms with E-state index >= 15 is 0 Å². The van der Waals surface area contributed by atoms with E-state index in [1.807, 2.05) is 38.1 Å². The van der Waals surface area contributed by atoms with Gasteiger partial charge in [-0.25, -0.2) is 0 Å². The van der Waals surface area contributed by atoms with E-state index in [2.05, 4.69) is 15.9 Å². The van der Waals surface area contributed by atoms with Gasteiger partial charge in [0, 0.05) is 14.6 Å². The molecule has 0 aromatic heterocycles. The Bertz CT molecular complexity index is 337. The third-order valence-electron chi connectivity index (χ3n) is 1.91. The van der Waals surface area contributed by atoms with Crippen molar-refractivity contribution in [3.8, 4) is 0 Å². The third-order valence-corrected chi connectivity index (χ3v) is 3.55. The van der Waals surface area contributed by atoms with Crippen LogP contribution in [0.5, 0.6) is 0 Å². The Kier molecular flexibility index (Phi) is 5.91. The molecule has 1 unspecified atom stereocenters. The lowest BCUT2D eigenvalue weighted by Crippen LogP contribution is -2.10. The zero-order valence-electron chi connectivity index (χ0n) is 9.40. The highest BCUT2D eigenvalue weighted by molar-refractivity contribution is 9.10. The predicted molar refractivity (Wildman–Crippen MR) is 70.7 cm³/mol. The fourth-order valence-corrected chi connectivity index (χ4v) is 2.48. The molecule has 0 bridgehead atoms. The van der Waals surface area contributed by atoms with E-state index in [1.165, 1.54) is 4.90 Å². The van der Waals surface area contributed by atoms with Crippen molar-refractivity contribution in [1.29, 1.82) is 0 Å². The minimum atomic E-state index is -0.125. The lowest BCUT2D eigenvalue weighted by atomic mass is 10.3. The summed E-state index contributed by atoms with van der Waals surface area (Å²) in [5, 5.41) is 0.236. The van der Waals surface area contributed by atoms with Crippen LogP contribution in [-0.4, -0.2) is 17.8 Å². The summed E-state index contributed by atoms with van der Waals surface area (Å²) in [5.41, 5.74) is 0. The molecule has 88 valence electrons. The van der Waals surface area contributed by atoms with Crippen molar-refractivity contribution in [1.82, 2.24) is 0 Å². The molecule has 0 heterocycles. The molecule has 0 fully saturated rings. The molecule has 1 atom stereocenters. The molecule has 0 radical (unpaired) electrons. The number of carbonyl (C=O) groups excluding carboxylic acids is 1. The Balaban J connectivity index is 2.42. The van der Waals surface area contributed by atoms with Gasteiger partial charge in [-0.3, -0.25) is 4.79 Å². The number of hydrogen-bond donors (Lipinski definition) is 0. The standard InChI is InChI=1S/C12H15BrO2S/c1-3-15-12(14)8-9(2)16-11-6-4-10(13)5-7-11/h4-7,9H,3,8H2,1-2H3. The van der Waals surface area contributed by atoms with Gasteiger partial charge in [0.05, 0.1) is 13.0 Å². The molecular weight excluding hydrogens is 288 g/mol. The number of ether oxygens (including phenoxy) is 1. The first-order valence-corrected chi connectivity index (χ1v) is 6.87. The molecule has 2 nitrogen and oxygen atoms in total. The second kappa shape index (κ2) is 6.97. The van der Waals surface area contributed by atoms with Crippen molar-refractivity contribution in [3.05, 3.63) is 28.7 Å². The van der Waals surface area contributed by atoms with Gasteiger partial charge in [0.15, 0.2) is 0 Å². The Morgan fingerprint density at radius 1 is 1.44 bits per heavy atom. The number of halogens is 1. The van der Waals surface area contributed by atoms with Gasteiger partial charge in [-0.05, 0) is 31.2 Å². The van der Waals surface area contributed by atoms with Crippen molar-refractivity contribution < 1.29 is 9.53 Å². The number of esters is 1. The van der Waals surface area contributed by atoms with Crippen LogP contribution in [0.2, 0.25) is 0 Å². The van der Waals surface area contributed by atoms with Crippen molar-refractivity contribution in [2.24, 2.45) is 0 Å². The first kappa shape index (κ1) is 13.6. The minimum absolute atomic E-state index is 0.125. The number of hydrogen-bond acceptors (Lipinski definition) is 3. The van der Waals surface area contributed by atoms with Crippen LogP contribution in [0.25, 0.3) is 0 Å². The van der Waals surface area contributed by atoms with Gasteiger partial charge in [0.25, 0.3) is 0 Å². The van der Waals surface area contributed by atoms with Crippen LogP contribution in [-0.2, 0) is 9.53 Å². The van der Waals surface area contributed by atoms with E-state index < -0.39 is 0 Å². The summed E-state index contributed by atoms with van der Waals surface area (Å²) in [4.78, 5) is 12.4.